The van der Waals surface area contributed by atoms with Gasteiger partial charge in [0.25, 0.3) is 0 Å². The second-order valence-electron chi connectivity index (χ2n) is 15.8. The lowest BCUT2D eigenvalue weighted by atomic mass is 9.89. The van der Waals surface area contributed by atoms with E-state index >= 15 is 0 Å². The minimum atomic E-state index is -2.40. The van der Waals surface area contributed by atoms with E-state index in [1.807, 2.05) is 0 Å². The Balaban J connectivity index is 2.01. The Morgan fingerprint density at radius 3 is 1.90 bits per heavy atom. The van der Waals surface area contributed by atoms with Crippen molar-refractivity contribution in [3.8, 4) is 5.75 Å². The van der Waals surface area contributed by atoms with Crippen LogP contribution in [-0.2, 0) is 40.1 Å². The van der Waals surface area contributed by atoms with Crippen molar-refractivity contribution < 1.29 is 64.9 Å². The molecule has 0 aliphatic carbocycles. The van der Waals surface area contributed by atoms with Crippen molar-refractivity contribution >= 4 is 41.4 Å². The van der Waals surface area contributed by atoms with E-state index in [0.29, 0.717) is 11.3 Å². The summed E-state index contributed by atoms with van der Waals surface area (Å²) in [5, 5.41) is 10.5. The summed E-state index contributed by atoms with van der Waals surface area (Å²) in [5.74, 6) is -17.3. The van der Waals surface area contributed by atoms with Crippen LogP contribution < -0.4 is 31.7 Å². The lowest BCUT2D eigenvalue weighted by Crippen LogP contribution is -2.54. The number of carbonyl (C=O) groups is 6. The summed E-state index contributed by atoms with van der Waals surface area (Å²) in [5.41, 5.74) is 3.74. The molecule has 2 aromatic carbocycles. The summed E-state index contributed by atoms with van der Waals surface area (Å²) in [6, 6.07) is 3.63. The van der Waals surface area contributed by atoms with Gasteiger partial charge in [0.15, 0.2) is 0 Å². The number of anilines is 1. The molecule has 0 radical (unpaired) electrons. The average Bonchev–Trinajstić information content (AvgIpc) is 3.16. The first-order chi connectivity index (χ1) is 27.4. The fraction of sp³-hybridized carbons (Fsp3) is 0.550. The predicted molar refractivity (Wildman–Crippen MR) is 205 cm³/mol. The molecule has 2 atom stereocenters. The number of carbonyl (C=O) groups excluding carboxylic acids is 6. The van der Waals surface area contributed by atoms with E-state index in [-0.39, 0.29) is 63.7 Å². The highest BCUT2D eigenvalue weighted by Crippen LogP contribution is 2.32. The van der Waals surface area contributed by atoms with E-state index in [4.69, 9.17) is 15.2 Å². The van der Waals surface area contributed by atoms with Gasteiger partial charge in [0.05, 0.1) is 16.9 Å². The maximum atomic E-state index is 14.1. The maximum Gasteiger partial charge on any atom is 0.317 e. The Morgan fingerprint density at radius 2 is 1.36 bits per heavy atom. The molecule has 0 fully saturated rings. The fourth-order valence-corrected chi connectivity index (χ4v) is 5.14. The van der Waals surface area contributed by atoms with Crippen molar-refractivity contribution in [3.63, 3.8) is 0 Å². The highest BCUT2D eigenvalue weighted by Gasteiger charge is 2.36. The van der Waals surface area contributed by atoms with Gasteiger partial charge >= 0.3 is 18.0 Å². The van der Waals surface area contributed by atoms with Crippen molar-refractivity contribution in [2.45, 2.75) is 112 Å². The summed E-state index contributed by atoms with van der Waals surface area (Å²) in [7, 11) is 0. The minimum Gasteiger partial charge on any atom is -0.461 e. The highest BCUT2D eigenvalue weighted by molar-refractivity contribution is 5.98. The smallest absolute Gasteiger partial charge is 0.317 e. The second kappa shape index (κ2) is 22.2. The van der Waals surface area contributed by atoms with Gasteiger partial charge in [-0.05, 0) is 77.0 Å². The fourth-order valence-electron chi connectivity index (χ4n) is 5.14. The Kier molecular flexibility index (Phi) is 18.7. The third-order valence-electron chi connectivity index (χ3n) is 9.03. The molecular weight excluding hydrogens is 789 g/mol. The SMILES string of the molecule is CC(C)C(=O)OCc1ccc(NC(=O)[C@H](CCCNC(N)=O)NC(=O)[C@@H](NC(=O)CCC(C)(C)OCCC(C)(C)C(=O)Oc2c(F)c(F)c(F)c(F)c2F)C(C)C)cc1. The van der Waals surface area contributed by atoms with Gasteiger partial charge in [-0.1, -0.05) is 39.8 Å². The molecule has 59 heavy (non-hydrogen) atoms. The van der Waals surface area contributed by atoms with E-state index in [2.05, 4.69) is 26.0 Å². The number of hydrogen-bond donors (Lipinski definition) is 5. The highest BCUT2D eigenvalue weighted by atomic mass is 19.2. The van der Waals surface area contributed by atoms with Crippen LogP contribution in [0.25, 0.3) is 0 Å². The Labute approximate surface area is 339 Å². The monoisotopic (exact) mass is 843 g/mol. The number of hydrogen-bond acceptors (Lipinski definition) is 9. The van der Waals surface area contributed by atoms with Crippen LogP contribution in [0.3, 0.4) is 0 Å². The van der Waals surface area contributed by atoms with Crippen LogP contribution in [0.2, 0.25) is 0 Å². The van der Waals surface area contributed by atoms with E-state index in [1.165, 1.54) is 13.8 Å². The lowest BCUT2D eigenvalue weighted by molar-refractivity contribution is -0.148. The summed E-state index contributed by atoms with van der Waals surface area (Å²) < 4.78 is 84.3. The van der Waals surface area contributed by atoms with Gasteiger partial charge in [0.2, 0.25) is 52.6 Å². The third kappa shape index (κ3) is 15.7. The molecule has 0 unspecified atom stereocenters. The van der Waals surface area contributed by atoms with Crippen molar-refractivity contribution in [2.24, 2.45) is 23.0 Å². The summed E-state index contributed by atoms with van der Waals surface area (Å²) in [6.45, 7) is 12.8. The molecule has 5 amide bonds. The molecule has 0 heterocycles. The van der Waals surface area contributed by atoms with Gasteiger partial charge in [-0.15, -0.1) is 0 Å². The number of amides is 5. The molecule has 0 saturated carbocycles. The maximum absolute atomic E-state index is 14.1. The summed E-state index contributed by atoms with van der Waals surface area (Å²) in [4.78, 5) is 75.7. The summed E-state index contributed by atoms with van der Waals surface area (Å²) in [6.07, 6.45) is 0.249. The molecule has 19 heteroatoms. The van der Waals surface area contributed by atoms with E-state index in [0.717, 1.165) is 0 Å². The lowest BCUT2D eigenvalue weighted by Gasteiger charge is -2.29. The zero-order valence-corrected chi connectivity index (χ0v) is 34.4. The van der Waals surface area contributed by atoms with E-state index in [1.54, 1.807) is 65.8 Å². The zero-order valence-electron chi connectivity index (χ0n) is 34.4. The minimum absolute atomic E-state index is 0.0466. The molecule has 2 rings (SSSR count). The van der Waals surface area contributed by atoms with Crippen LogP contribution in [-0.4, -0.2) is 66.5 Å². The van der Waals surface area contributed by atoms with Gasteiger partial charge in [0, 0.05) is 25.3 Å². The van der Waals surface area contributed by atoms with Gasteiger partial charge in [-0.25, -0.2) is 18.0 Å². The standard InChI is InChI=1S/C40H54F5N5O9/c1-21(2)32(35(53)49-25(10-9-18-47-38(46)56)34(52)48-24-13-11-23(12-14-24)20-57-36(54)22(3)4)50-26(51)15-16-40(7,8)58-19-17-39(5,6)37(55)59-33-30(44)28(42)27(41)29(43)31(33)45/h11-14,21-22,25,32H,9-10,15-20H2,1-8H3,(H,48,52)(H,49,53)(H,50,51)(H3,46,47,56)/t25-,32-/m0/s1. The van der Waals surface area contributed by atoms with Crippen LogP contribution in [0, 0.1) is 46.3 Å². The van der Waals surface area contributed by atoms with Crippen LogP contribution in [0.15, 0.2) is 24.3 Å². The quantitative estimate of drug-likeness (QED) is 0.0246. The molecule has 0 aliphatic heterocycles. The number of esters is 2. The number of nitrogens with two attached hydrogens (primary N) is 1. The Morgan fingerprint density at radius 1 is 0.780 bits per heavy atom. The van der Waals surface area contributed by atoms with Crippen LogP contribution in [0.4, 0.5) is 32.4 Å². The number of primary amides is 1. The van der Waals surface area contributed by atoms with Gasteiger partial charge in [-0.3, -0.25) is 24.0 Å². The van der Waals surface area contributed by atoms with E-state index < -0.39 is 93.6 Å². The second-order valence-corrected chi connectivity index (χ2v) is 15.8. The molecule has 2 aromatic rings. The third-order valence-corrected chi connectivity index (χ3v) is 9.03. The Hall–Kier alpha value is -5.33. The molecule has 0 aliphatic rings. The van der Waals surface area contributed by atoms with Crippen LogP contribution >= 0.6 is 0 Å². The topological polar surface area (TPSA) is 204 Å². The molecule has 14 nitrogen and oxygen atoms in total. The van der Waals surface area contributed by atoms with Crippen LogP contribution in [0.5, 0.6) is 5.75 Å². The van der Waals surface area contributed by atoms with E-state index in [9.17, 15) is 50.7 Å². The van der Waals surface area contributed by atoms with Crippen molar-refractivity contribution in [1.82, 2.24) is 16.0 Å². The largest absolute Gasteiger partial charge is 0.461 e. The van der Waals surface area contributed by atoms with Gasteiger partial charge < -0.3 is 41.2 Å². The zero-order chi connectivity index (χ0) is 44.8. The van der Waals surface area contributed by atoms with Gasteiger partial charge in [0.1, 0.15) is 18.7 Å². The van der Waals surface area contributed by atoms with Crippen molar-refractivity contribution in [2.75, 3.05) is 18.5 Å². The van der Waals surface area contributed by atoms with Crippen molar-refractivity contribution in [3.05, 3.63) is 58.9 Å². The number of rotatable bonds is 22. The van der Waals surface area contributed by atoms with Crippen LogP contribution in [0.1, 0.15) is 93.1 Å². The number of urea groups is 1. The number of ether oxygens (including phenoxy) is 3. The average molecular weight is 844 g/mol. The molecule has 0 saturated heterocycles. The predicted octanol–water partition coefficient (Wildman–Crippen LogP) is 5.69. The molecular formula is C40H54F5N5O9. The Bertz CT molecular complexity index is 1790. The van der Waals surface area contributed by atoms with Crippen molar-refractivity contribution in [1.29, 1.82) is 0 Å². The molecule has 0 aromatic heterocycles. The molecule has 6 N–H and O–H groups in total. The molecule has 328 valence electrons. The first-order valence-corrected chi connectivity index (χ1v) is 18.9. The number of nitrogens with one attached hydrogen (secondary N) is 4. The number of halogens is 5. The first kappa shape index (κ1) is 49.8. The first-order valence-electron chi connectivity index (χ1n) is 18.9. The van der Waals surface area contributed by atoms with Gasteiger partial charge in [-0.2, -0.15) is 8.78 Å². The summed E-state index contributed by atoms with van der Waals surface area (Å²) >= 11 is 0. The normalized spacial score (nSPS) is 12.7. The molecule has 0 bridgehead atoms. The number of benzene rings is 2. The molecule has 0 spiro atoms.